The predicted octanol–water partition coefficient (Wildman–Crippen LogP) is 1.62. The Morgan fingerprint density at radius 2 is 2.31 bits per heavy atom. The van der Waals surface area contributed by atoms with E-state index in [-0.39, 0.29) is 5.78 Å². The van der Waals surface area contributed by atoms with Crippen LogP contribution in [-0.4, -0.2) is 30.3 Å². The number of carbonyl (C=O) groups is 1. The van der Waals surface area contributed by atoms with Gasteiger partial charge in [0.2, 0.25) is 0 Å². The van der Waals surface area contributed by atoms with Gasteiger partial charge in [0.05, 0.1) is 0 Å². The molecule has 2 bridgehead atoms. The highest BCUT2D eigenvalue weighted by Crippen LogP contribution is 2.32. The topological polar surface area (TPSA) is 20.3 Å². The van der Waals surface area contributed by atoms with Crippen LogP contribution in [0.5, 0.6) is 0 Å². The minimum absolute atomic E-state index is 0.279. The zero-order valence-electron chi connectivity index (χ0n) is 8.42. The standard InChI is InChI=1S/C11H17NO/c1-8(13)11-6-5-10-4-3-9(11)7-12(10)2/h6,9-10H,3-5,7H2,1-2H3. The lowest BCUT2D eigenvalue weighted by Crippen LogP contribution is -2.39. The van der Waals surface area contributed by atoms with Crippen LogP contribution in [-0.2, 0) is 4.79 Å². The van der Waals surface area contributed by atoms with Crippen molar-refractivity contribution in [3.8, 4) is 0 Å². The second-order valence-corrected chi connectivity index (χ2v) is 4.32. The number of hydrogen-bond donors (Lipinski definition) is 0. The minimum Gasteiger partial charge on any atom is -0.303 e. The normalized spacial score (nSPS) is 34.2. The highest BCUT2D eigenvalue weighted by Gasteiger charge is 2.31. The molecule has 72 valence electrons. The number of piperidine rings is 1. The van der Waals surface area contributed by atoms with Crippen LogP contribution in [0.3, 0.4) is 0 Å². The van der Waals surface area contributed by atoms with Crippen LogP contribution >= 0.6 is 0 Å². The van der Waals surface area contributed by atoms with Crippen LogP contribution in [0.4, 0.5) is 0 Å². The molecule has 1 fully saturated rings. The average molecular weight is 179 g/mol. The van der Waals surface area contributed by atoms with Gasteiger partial charge in [-0.1, -0.05) is 6.08 Å². The van der Waals surface area contributed by atoms with Gasteiger partial charge in [0.15, 0.2) is 5.78 Å². The number of Topliss-reactive ketones (excluding diaryl/α,β-unsaturated/α-hetero) is 1. The highest BCUT2D eigenvalue weighted by atomic mass is 16.1. The van der Waals surface area contributed by atoms with Crippen molar-refractivity contribution in [3.63, 3.8) is 0 Å². The van der Waals surface area contributed by atoms with Gasteiger partial charge in [0, 0.05) is 12.6 Å². The number of hydrogen-bond acceptors (Lipinski definition) is 2. The summed E-state index contributed by atoms with van der Waals surface area (Å²) >= 11 is 0. The van der Waals surface area contributed by atoms with E-state index in [9.17, 15) is 4.79 Å². The maximum Gasteiger partial charge on any atom is 0.155 e. The van der Waals surface area contributed by atoms with Crippen LogP contribution in [0.2, 0.25) is 0 Å². The molecule has 13 heavy (non-hydrogen) atoms. The molecule has 3 rings (SSSR count). The fourth-order valence-corrected chi connectivity index (χ4v) is 2.61. The first-order valence-corrected chi connectivity index (χ1v) is 5.09. The number of rotatable bonds is 1. The third-order valence-electron chi connectivity index (χ3n) is 3.44. The van der Waals surface area contributed by atoms with E-state index in [1.807, 2.05) is 0 Å². The summed E-state index contributed by atoms with van der Waals surface area (Å²) in [5.41, 5.74) is 1.09. The maximum atomic E-state index is 11.4. The molecule has 2 unspecified atom stereocenters. The Hall–Kier alpha value is -0.630. The summed E-state index contributed by atoms with van der Waals surface area (Å²) in [6.45, 7) is 2.78. The molecular weight excluding hydrogens is 162 g/mol. The third-order valence-corrected chi connectivity index (χ3v) is 3.44. The molecule has 3 aliphatic rings. The lowest BCUT2D eigenvalue weighted by molar-refractivity contribution is -0.114. The molecule has 0 spiro atoms. The summed E-state index contributed by atoms with van der Waals surface area (Å²) < 4.78 is 0. The minimum atomic E-state index is 0.279. The molecular formula is C11H17NO. The molecule has 2 heteroatoms. The largest absolute Gasteiger partial charge is 0.303 e. The molecule has 0 aromatic heterocycles. The molecule has 0 N–H and O–H groups in total. The van der Waals surface area contributed by atoms with Gasteiger partial charge in [-0.2, -0.15) is 0 Å². The number of nitrogens with zero attached hydrogens (tertiary/aromatic N) is 1. The molecule has 1 aliphatic carbocycles. The number of ketones is 1. The van der Waals surface area contributed by atoms with Crippen LogP contribution in [0.15, 0.2) is 11.6 Å². The first-order chi connectivity index (χ1) is 6.18. The Balaban J connectivity index is 2.23. The molecule has 0 radical (unpaired) electrons. The molecule has 0 aromatic carbocycles. The van der Waals surface area contributed by atoms with E-state index in [1.54, 1.807) is 6.92 Å². The Labute approximate surface area is 79.6 Å². The summed E-state index contributed by atoms with van der Waals surface area (Å²) in [6, 6.07) is 0.688. The van der Waals surface area contributed by atoms with Gasteiger partial charge in [-0.25, -0.2) is 0 Å². The fraction of sp³-hybridized carbons (Fsp3) is 0.727. The van der Waals surface area contributed by atoms with E-state index in [1.165, 1.54) is 12.8 Å². The quantitative estimate of drug-likeness (QED) is 0.609. The lowest BCUT2D eigenvalue weighted by atomic mass is 9.89. The van der Waals surface area contributed by atoms with Gasteiger partial charge in [0.1, 0.15) is 0 Å². The zero-order chi connectivity index (χ0) is 9.42. The summed E-state index contributed by atoms with van der Waals surface area (Å²) in [7, 11) is 2.17. The highest BCUT2D eigenvalue weighted by molar-refractivity contribution is 5.93. The van der Waals surface area contributed by atoms with E-state index in [0.717, 1.165) is 18.5 Å². The van der Waals surface area contributed by atoms with Crippen LogP contribution in [0.1, 0.15) is 26.2 Å². The van der Waals surface area contributed by atoms with Crippen molar-refractivity contribution in [3.05, 3.63) is 11.6 Å². The smallest absolute Gasteiger partial charge is 0.155 e. The SMILES string of the molecule is CC(=O)C1=CCC2CCC1CN2C. The zero-order valence-corrected chi connectivity index (χ0v) is 8.42. The Kier molecular flexibility index (Phi) is 2.24. The summed E-state index contributed by atoms with van der Waals surface area (Å²) in [5.74, 6) is 0.794. The van der Waals surface area contributed by atoms with Crippen molar-refractivity contribution < 1.29 is 4.79 Å². The van der Waals surface area contributed by atoms with Gasteiger partial charge >= 0.3 is 0 Å². The molecule has 0 aromatic rings. The monoisotopic (exact) mass is 179 g/mol. The van der Waals surface area contributed by atoms with Crippen LogP contribution < -0.4 is 0 Å². The van der Waals surface area contributed by atoms with Crippen molar-refractivity contribution in [1.29, 1.82) is 0 Å². The van der Waals surface area contributed by atoms with Gasteiger partial charge in [0.25, 0.3) is 0 Å². The Bertz CT molecular complexity index is 257. The molecule has 0 saturated carbocycles. The van der Waals surface area contributed by atoms with E-state index in [2.05, 4.69) is 18.0 Å². The first-order valence-electron chi connectivity index (χ1n) is 5.09. The number of carbonyl (C=O) groups excluding carboxylic acids is 1. The Morgan fingerprint density at radius 3 is 2.92 bits per heavy atom. The van der Waals surface area contributed by atoms with Crippen molar-refractivity contribution in [2.75, 3.05) is 13.6 Å². The van der Waals surface area contributed by atoms with Gasteiger partial charge < -0.3 is 4.90 Å². The molecule has 2 atom stereocenters. The summed E-state index contributed by atoms with van der Waals surface area (Å²) in [5, 5.41) is 0. The van der Waals surface area contributed by atoms with Gasteiger partial charge in [-0.3, -0.25) is 4.79 Å². The van der Waals surface area contributed by atoms with Crippen molar-refractivity contribution in [2.45, 2.75) is 32.2 Å². The van der Waals surface area contributed by atoms with Crippen LogP contribution in [0, 0.1) is 5.92 Å². The predicted molar refractivity (Wildman–Crippen MR) is 52.5 cm³/mol. The van der Waals surface area contributed by atoms with Crippen molar-refractivity contribution in [2.24, 2.45) is 5.92 Å². The van der Waals surface area contributed by atoms with E-state index in [0.29, 0.717) is 12.0 Å². The summed E-state index contributed by atoms with van der Waals surface area (Å²) in [6.07, 6.45) is 5.71. The summed E-state index contributed by atoms with van der Waals surface area (Å²) in [4.78, 5) is 13.8. The maximum absolute atomic E-state index is 11.4. The molecule has 0 amide bonds. The van der Waals surface area contributed by atoms with Crippen molar-refractivity contribution in [1.82, 2.24) is 4.90 Å². The van der Waals surface area contributed by atoms with E-state index in [4.69, 9.17) is 0 Å². The van der Waals surface area contributed by atoms with Gasteiger partial charge in [-0.15, -0.1) is 0 Å². The second-order valence-electron chi connectivity index (χ2n) is 4.32. The van der Waals surface area contributed by atoms with Crippen molar-refractivity contribution >= 4 is 5.78 Å². The second kappa shape index (κ2) is 3.26. The molecule has 2 nitrogen and oxygen atoms in total. The van der Waals surface area contributed by atoms with E-state index < -0.39 is 0 Å². The first kappa shape index (κ1) is 8.95. The molecule has 1 saturated heterocycles. The Morgan fingerprint density at radius 1 is 1.54 bits per heavy atom. The average Bonchev–Trinajstić information content (AvgIpc) is 2.34. The van der Waals surface area contributed by atoms with E-state index >= 15 is 0 Å². The molecule has 2 heterocycles. The van der Waals surface area contributed by atoms with Gasteiger partial charge in [-0.05, 0) is 44.7 Å². The van der Waals surface area contributed by atoms with Crippen LogP contribution in [0.25, 0.3) is 0 Å². The molecule has 2 aliphatic heterocycles. The third kappa shape index (κ3) is 1.55. The lowest BCUT2D eigenvalue weighted by Gasteiger charge is -2.34. The number of fused-ring (bicyclic) bond motifs is 3. The fourth-order valence-electron chi connectivity index (χ4n) is 2.61.